The van der Waals surface area contributed by atoms with Crippen molar-refractivity contribution >= 4 is 15.2 Å². The van der Waals surface area contributed by atoms with E-state index < -0.39 is 26.8 Å². The normalized spacial score (nSPS) is 12.5. The summed E-state index contributed by atoms with van der Waals surface area (Å²) >= 11 is 0. The second-order valence-electron chi connectivity index (χ2n) is 3.10. The maximum Gasteiger partial charge on any atom is 0.371 e. The Morgan fingerprint density at radius 2 is 1.61 bits per heavy atom. The van der Waals surface area contributed by atoms with E-state index in [1.165, 1.54) is 12.4 Å². The van der Waals surface area contributed by atoms with E-state index in [1.807, 2.05) is 0 Å². The van der Waals surface area contributed by atoms with Crippen molar-refractivity contribution < 1.29 is 59.7 Å². The molecule has 0 fully saturated rings. The van der Waals surface area contributed by atoms with Gasteiger partial charge in [-0.1, -0.05) is 0 Å². The summed E-state index contributed by atoms with van der Waals surface area (Å²) in [6, 6.07) is 0. The van der Waals surface area contributed by atoms with E-state index in [-0.39, 0.29) is 25.9 Å². The smallest absolute Gasteiger partial charge is 0.371 e. The molecule has 0 saturated heterocycles. The molecule has 1 aromatic rings. The van der Waals surface area contributed by atoms with Crippen molar-refractivity contribution in [2.24, 2.45) is 0 Å². The molecule has 10 nitrogen and oxygen atoms in total. The molecule has 1 rings (SSSR count). The average Bonchev–Trinajstić information content (AvgIpc) is 2.52. The fourth-order valence-electron chi connectivity index (χ4n) is 0.979. The van der Waals surface area contributed by atoms with Crippen LogP contribution < -0.4 is 0 Å². The molecule has 1 aromatic heterocycles. The second-order valence-corrected chi connectivity index (χ2v) is 7.11. The van der Waals surface area contributed by atoms with Gasteiger partial charge in [-0.2, -0.15) is 0 Å². The Bertz CT molecular complexity index is 430. The van der Waals surface area contributed by atoms with Crippen molar-refractivity contribution in [3.63, 3.8) is 0 Å². The van der Waals surface area contributed by atoms with E-state index in [1.54, 1.807) is 0 Å². The number of imidazole rings is 1. The molecular weight excluding hydrogens is 466 g/mol. The molecule has 0 aliphatic heterocycles. The van der Waals surface area contributed by atoms with Crippen molar-refractivity contribution in [2.75, 3.05) is 0 Å². The van der Waals surface area contributed by atoms with Crippen LogP contribution in [0.5, 0.6) is 0 Å². The van der Waals surface area contributed by atoms with E-state index in [0.717, 1.165) is 10.9 Å². The Morgan fingerprint density at radius 3 is 1.89 bits per heavy atom. The van der Waals surface area contributed by atoms with Gasteiger partial charge in [0.25, 0.3) is 5.08 Å². The minimum atomic E-state index is -5.41. The zero-order valence-electron chi connectivity index (χ0n) is 8.61. The first kappa shape index (κ1) is 20.4. The number of nitrogens with zero attached hydrogens (tertiary/aromatic N) is 2. The molecule has 0 amide bonds. The first-order valence-corrected chi connectivity index (χ1v) is 7.10. The van der Waals surface area contributed by atoms with Gasteiger partial charge in [-0.25, -0.2) is 4.98 Å². The van der Waals surface area contributed by atoms with Crippen molar-refractivity contribution in [3.8, 4) is 0 Å². The second kappa shape index (κ2) is 6.50. The number of hydrogen-bond donors (Lipinski definition) is 5. The van der Waals surface area contributed by atoms with Gasteiger partial charge in [0.05, 0.1) is 12.9 Å². The molecule has 1 radical (unpaired) electrons. The Labute approximate surface area is 115 Å². The summed E-state index contributed by atoms with van der Waals surface area (Å²) in [6.45, 7) is -0.957. The van der Waals surface area contributed by atoms with Gasteiger partial charge in [0.1, 0.15) is 0 Å². The third-order valence-electron chi connectivity index (χ3n) is 1.89. The Hall–Kier alpha value is 0.0923. The van der Waals surface area contributed by atoms with Gasteiger partial charge in [-0.05, 0) is 0 Å². The largest absolute Gasteiger partial charge is 0.870 e. The predicted octanol–water partition coefficient (Wildman–Crippen LogP) is -1.29. The van der Waals surface area contributed by atoms with Crippen LogP contribution in [0.2, 0.25) is 0 Å². The van der Waals surface area contributed by atoms with Gasteiger partial charge in [0.15, 0.2) is 0 Å². The van der Waals surface area contributed by atoms with Crippen LogP contribution in [0.4, 0.5) is 0 Å². The van der Waals surface area contributed by atoms with E-state index in [0.29, 0.717) is 0 Å². The quantitative estimate of drug-likeness (QED) is 0.329. The number of rotatable bonds is 4. The summed E-state index contributed by atoms with van der Waals surface area (Å²) in [5.74, 6) is 0. The van der Waals surface area contributed by atoms with Crippen molar-refractivity contribution in [3.05, 3.63) is 18.7 Å². The molecule has 13 heteroatoms. The van der Waals surface area contributed by atoms with Crippen molar-refractivity contribution in [1.29, 1.82) is 0 Å². The molecule has 0 aliphatic rings. The molecule has 0 aromatic carbocycles. The Kier molecular flexibility index (Phi) is 7.37. The molecule has 1 heterocycles. The van der Waals surface area contributed by atoms with Crippen LogP contribution in [0.15, 0.2) is 18.7 Å². The first-order valence-electron chi connectivity index (χ1n) is 3.87. The zero-order chi connectivity index (χ0) is 12.6. The maximum absolute atomic E-state index is 10.9. The molecule has 18 heavy (non-hydrogen) atoms. The number of hydrogen-bond acceptors (Lipinski definition) is 5. The fourth-order valence-corrected chi connectivity index (χ4v) is 3.03. The third kappa shape index (κ3) is 4.05. The molecule has 107 valence electrons. The van der Waals surface area contributed by atoms with Gasteiger partial charge in [0, 0.05) is 32.8 Å². The monoisotopic (exact) mass is 477 g/mol. The van der Waals surface area contributed by atoms with Gasteiger partial charge in [-0.15, -0.1) is 0 Å². The van der Waals surface area contributed by atoms with E-state index >= 15 is 0 Å². The summed E-state index contributed by atoms with van der Waals surface area (Å²) < 4.78 is 22.8. The zero-order valence-corrected chi connectivity index (χ0v) is 13.1. The molecule has 0 bridgehead atoms. The van der Waals surface area contributed by atoms with E-state index in [9.17, 15) is 14.2 Å². The number of aromatic nitrogens is 2. The van der Waals surface area contributed by atoms with Crippen LogP contribution in [-0.2, 0) is 36.1 Å². The average molecular weight is 477 g/mol. The summed E-state index contributed by atoms with van der Waals surface area (Å²) in [7, 11) is -10.8. The van der Waals surface area contributed by atoms with Gasteiger partial charge in [0.2, 0.25) is 0 Å². The van der Waals surface area contributed by atoms with Gasteiger partial charge >= 0.3 is 15.2 Å². The third-order valence-corrected chi connectivity index (χ3v) is 5.60. The predicted molar refractivity (Wildman–Crippen MR) is 53.2 cm³/mol. The molecule has 0 atom stereocenters. The van der Waals surface area contributed by atoms with Crippen LogP contribution in [0, 0.1) is 0 Å². The maximum atomic E-state index is 10.9. The molecule has 0 saturated carbocycles. The molecule has 0 spiro atoms. The van der Waals surface area contributed by atoms with Gasteiger partial charge < -0.3 is 34.7 Å². The van der Waals surface area contributed by atoms with Crippen LogP contribution >= 0.6 is 15.2 Å². The van der Waals surface area contributed by atoms with E-state index in [4.69, 9.17) is 19.6 Å². The summed E-state index contributed by atoms with van der Waals surface area (Å²) in [6.07, 6.45) is 3.51. The molecule has 0 unspecified atom stereocenters. The van der Waals surface area contributed by atoms with Crippen LogP contribution in [0.25, 0.3) is 0 Å². The summed E-state index contributed by atoms with van der Waals surface area (Å²) in [4.78, 5) is 38.7. The van der Waals surface area contributed by atoms with Crippen molar-refractivity contribution in [1.82, 2.24) is 9.55 Å². The van der Waals surface area contributed by atoms with Crippen LogP contribution in [0.1, 0.15) is 0 Å². The van der Waals surface area contributed by atoms with Gasteiger partial charge in [-0.3, -0.25) is 9.13 Å². The molecule has 0 aliphatic carbocycles. The first-order chi connectivity index (χ1) is 7.08. The fraction of sp³-hybridized carbons (Fsp3) is 0.400. The Balaban J connectivity index is 0. The van der Waals surface area contributed by atoms with Crippen LogP contribution in [-0.4, -0.2) is 44.8 Å². The minimum absolute atomic E-state index is 0. The molecule has 6 N–H and O–H groups in total. The van der Waals surface area contributed by atoms with Crippen LogP contribution in [0.3, 0.4) is 0 Å². The number of aliphatic hydroxyl groups is 1. The van der Waals surface area contributed by atoms with Crippen molar-refractivity contribution in [2.45, 2.75) is 11.6 Å². The summed E-state index contributed by atoms with van der Waals surface area (Å²) in [5.41, 5.74) is 0. The molecular formula is C5H11N2O8P2Re-. The minimum Gasteiger partial charge on any atom is -0.870 e. The topological polar surface area (TPSA) is 183 Å². The Morgan fingerprint density at radius 1 is 1.17 bits per heavy atom. The standard InChI is InChI=1S/C5H10N2O7P2.H2O.Re/c8-5(15(9,10)11,16(12,13)14)3-7-2-1-6-4-7;;/h1-2,4,8H,3H2,(H2,9,10,11)(H2,12,13,14);1H2;/p-1/i;;1+2. The SMILES string of the molecule is O=P(O)(O)C(O)(Cn1ccnc1)P(=O)(O)O.[188Re].[OH-]. The van der Waals surface area contributed by atoms with E-state index in [2.05, 4.69) is 4.98 Å². The summed E-state index contributed by atoms with van der Waals surface area (Å²) in [5, 5.41) is 6.04.